The maximum Gasteiger partial charge on any atom is 0.134 e. The molecule has 106 valence electrons. The van der Waals surface area contributed by atoms with Crippen LogP contribution in [0.5, 0.6) is 0 Å². The van der Waals surface area contributed by atoms with Crippen molar-refractivity contribution in [2.24, 2.45) is 11.8 Å². The van der Waals surface area contributed by atoms with E-state index in [0.29, 0.717) is 11.2 Å². The summed E-state index contributed by atoms with van der Waals surface area (Å²) < 4.78 is 0. The average molecular weight is 282 g/mol. The molecule has 0 radical (unpaired) electrons. The van der Waals surface area contributed by atoms with Crippen molar-refractivity contribution in [1.82, 2.24) is 9.97 Å². The number of anilines is 1. The lowest BCUT2D eigenvalue weighted by Gasteiger charge is -2.32. The molecule has 0 spiro atoms. The van der Waals surface area contributed by atoms with Gasteiger partial charge in [-0.1, -0.05) is 32.4 Å². The van der Waals surface area contributed by atoms with Gasteiger partial charge in [0.15, 0.2) is 0 Å². The van der Waals surface area contributed by atoms with E-state index >= 15 is 0 Å². The standard InChI is InChI=1S/C15H24ClN3/c1-4-5-14-18-13(16)9-15(19-14)17-12-7-6-10(2)11(3)8-12/h9-12H,4-8H2,1-3H3,(H,17,18,19). The molecule has 0 amide bonds. The Balaban J connectivity index is 2.02. The summed E-state index contributed by atoms with van der Waals surface area (Å²) in [5.74, 6) is 3.34. The second-order valence-corrected chi connectivity index (χ2v) is 6.24. The molecule has 19 heavy (non-hydrogen) atoms. The molecule has 2 rings (SSSR count). The highest BCUT2D eigenvalue weighted by Crippen LogP contribution is 2.31. The number of halogens is 1. The van der Waals surface area contributed by atoms with Gasteiger partial charge in [-0.2, -0.15) is 0 Å². The van der Waals surface area contributed by atoms with E-state index in [1.807, 2.05) is 6.07 Å². The lowest BCUT2D eigenvalue weighted by Crippen LogP contribution is -2.30. The molecule has 0 saturated heterocycles. The Morgan fingerprint density at radius 3 is 2.74 bits per heavy atom. The number of hydrogen-bond donors (Lipinski definition) is 1. The first kappa shape index (κ1) is 14.6. The fourth-order valence-electron chi connectivity index (χ4n) is 2.76. The Labute approximate surface area is 121 Å². The smallest absolute Gasteiger partial charge is 0.134 e. The van der Waals surface area contributed by atoms with Crippen molar-refractivity contribution in [2.45, 2.75) is 58.9 Å². The van der Waals surface area contributed by atoms with Crippen LogP contribution in [0.25, 0.3) is 0 Å². The summed E-state index contributed by atoms with van der Waals surface area (Å²) in [4.78, 5) is 8.81. The Hall–Kier alpha value is -0.830. The molecule has 4 heteroatoms. The van der Waals surface area contributed by atoms with Gasteiger partial charge in [-0.25, -0.2) is 9.97 Å². The van der Waals surface area contributed by atoms with E-state index in [-0.39, 0.29) is 0 Å². The van der Waals surface area contributed by atoms with Gasteiger partial charge in [0.05, 0.1) is 0 Å². The summed E-state index contributed by atoms with van der Waals surface area (Å²) in [6, 6.07) is 2.36. The first-order chi connectivity index (χ1) is 9.08. The van der Waals surface area contributed by atoms with Crippen molar-refractivity contribution in [2.75, 3.05) is 5.32 Å². The van der Waals surface area contributed by atoms with Gasteiger partial charge in [-0.3, -0.25) is 0 Å². The predicted molar refractivity (Wildman–Crippen MR) is 80.6 cm³/mol. The fraction of sp³-hybridized carbons (Fsp3) is 0.733. The molecule has 0 aliphatic heterocycles. The Kier molecular flexibility index (Phi) is 5.03. The molecule has 1 heterocycles. The fourth-order valence-corrected chi connectivity index (χ4v) is 2.96. The number of aromatic nitrogens is 2. The van der Waals surface area contributed by atoms with Gasteiger partial charge in [0.1, 0.15) is 16.8 Å². The zero-order valence-electron chi connectivity index (χ0n) is 12.1. The highest BCUT2D eigenvalue weighted by Gasteiger charge is 2.24. The minimum atomic E-state index is 0.520. The molecular formula is C15H24ClN3. The zero-order chi connectivity index (χ0) is 13.8. The van der Waals surface area contributed by atoms with Crippen molar-refractivity contribution >= 4 is 17.4 Å². The summed E-state index contributed by atoms with van der Waals surface area (Å²) in [5, 5.41) is 4.08. The highest BCUT2D eigenvalue weighted by atomic mass is 35.5. The maximum atomic E-state index is 6.06. The van der Waals surface area contributed by atoms with Gasteiger partial charge in [-0.15, -0.1) is 0 Å². The zero-order valence-corrected chi connectivity index (χ0v) is 12.9. The average Bonchev–Trinajstić information content (AvgIpc) is 2.33. The predicted octanol–water partition coefficient (Wildman–Crippen LogP) is 4.32. The van der Waals surface area contributed by atoms with Crippen molar-refractivity contribution in [3.8, 4) is 0 Å². The third-order valence-electron chi connectivity index (χ3n) is 4.16. The van der Waals surface area contributed by atoms with Crippen molar-refractivity contribution in [3.05, 3.63) is 17.0 Å². The quantitative estimate of drug-likeness (QED) is 0.835. The van der Waals surface area contributed by atoms with Crippen LogP contribution in [0.1, 0.15) is 52.3 Å². The molecule has 3 nitrogen and oxygen atoms in total. The minimum absolute atomic E-state index is 0.520. The summed E-state index contributed by atoms with van der Waals surface area (Å²) in [6.45, 7) is 6.82. The van der Waals surface area contributed by atoms with E-state index in [4.69, 9.17) is 11.6 Å². The van der Waals surface area contributed by atoms with E-state index in [1.165, 1.54) is 19.3 Å². The molecule has 1 aliphatic carbocycles. The lowest BCUT2D eigenvalue weighted by atomic mass is 9.79. The van der Waals surface area contributed by atoms with Crippen LogP contribution in [0.3, 0.4) is 0 Å². The molecule has 0 aromatic carbocycles. The minimum Gasteiger partial charge on any atom is -0.367 e. The van der Waals surface area contributed by atoms with Crippen LogP contribution in [0.4, 0.5) is 5.82 Å². The topological polar surface area (TPSA) is 37.8 Å². The van der Waals surface area contributed by atoms with Crippen LogP contribution < -0.4 is 5.32 Å². The van der Waals surface area contributed by atoms with E-state index in [1.54, 1.807) is 0 Å². The van der Waals surface area contributed by atoms with Gasteiger partial charge in [-0.05, 0) is 37.5 Å². The van der Waals surface area contributed by atoms with E-state index in [0.717, 1.165) is 36.3 Å². The van der Waals surface area contributed by atoms with Gasteiger partial charge >= 0.3 is 0 Å². The largest absolute Gasteiger partial charge is 0.367 e. The summed E-state index contributed by atoms with van der Waals surface area (Å²) in [6.07, 6.45) is 5.65. The van der Waals surface area contributed by atoms with Gasteiger partial charge in [0.25, 0.3) is 0 Å². The van der Waals surface area contributed by atoms with Gasteiger partial charge in [0.2, 0.25) is 0 Å². The first-order valence-electron chi connectivity index (χ1n) is 7.38. The van der Waals surface area contributed by atoms with Crippen LogP contribution in [0, 0.1) is 11.8 Å². The molecule has 1 fully saturated rings. The summed E-state index contributed by atoms with van der Waals surface area (Å²) in [5.41, 5.74) is 0. The molecule has 3 atom stereocenters. The highest BCUT2D eigenvalue weighted by molar-refractivity contribution is 6.29. The normalized spacial score (nSPS) is 27.3. The number of nitrogens with one attached hydrogen (secondary N) is 1. The Morgan fingerprint density at radius 2 is 2.05 bits per heavy atom. The van der Waals surface area contributed by atoms with E-state index in [9.17, 15) is 0 Å². The Morgan fingerprint density at radius 1 is 1.26 bits per heavy atom. The number of hydrogen-bond acceptors (Lipinski definition) is 3. The molecule has 1 saturated carbocycles. The number of rotatable bonds is 4. The third kappa shape index (κ3) is 4.07. The van der Waals surface area contributed by atoms with Gasteiger partial charge in [0, 0.05) is 18.5 Å². The number of aryl methyl sites for hydroxylation is 1. The Bertz CT molecular complexity index is 422. The summed E-state index contributed by atoms with van der Waals surface area (Å²) in [7, 11) is 0. The van der Waals surface area contributed by atoms with Crippen molar-refractivity contribution < 1.29 is 0 Å². The molecule has 1 N–H and O–H groups in total. The molecule has 3 unspecified atom stereocenters. The summed E-state index contributed by atoms with van der Waals surface area (Å²) >= 11 is 6.06. The third-order valence-corrected chi connectivity index (χ3v) is 4.36. The molecule has 1 aromatic rings. The first-order valence-corrected chi connectivity index (χ1v) is 7.76. The second-order valence-electron chi connectivity index (χ2n) is 5.85. The van der Waals surface area contributed by atoms with Gasteiger partial charge < -0.3 is 5.32 Å². The maximum absolute atomic E-state index is 6.06. The lowest BCUT2D eigenvalue weighted by molar-refractivity contribution is 0.260. The van der Waals surface area contributed by atoms with Crippen LogP contribution in [-0.4, -0.2) is 16.0 Å². The van der Waals surface area contributed by atoms with Crippen molar-refractivity contribution in [1.29, 1.82) is 0 Å². The molecular weight excluding hydrogens is 258 g/mol. The molecule has 1 aromatic heterocycles. The number of nitrogens with zero attached hydrogens (tertiary/aromatic N) is 2. The monoisotopic (exact) mass is 281 g/mol. The molecule has 0 bridgehead atoms. The van der Waals surface area contributed by atoms with Crippen molar-refractivity contribution in [3.63, 3.8) is 0 Å². The van der Waals surface area contributed by atoms with Crippen LogP contribution >= 0.6 is 11.6 Å². The molecule has 1 aliphatic rings. The van der Waals surface area contributed by atoms with Crippen LogP contribution in [-0.2, 0) is 6.42 Å². The van der Waals surface area contributed by atoms with E-state index < -0.39 is 0 Å². The second kappa shape index (κ2) is 6.56. The SMILES string of the molecule is CCCc1nc(Cl)cc(NC2CCC(C)C(C)C2)n1. The van der Waals surface area contributed by atoms with E-state index in [2.05, 4.69) is 36.1 Å². The van der Waals surface area contributed by atoms with Crippen LogP contribution in [0.2, 0.25) is 5.15 Å². The van der Waals surface area contributed by atoms with Crippen LogP contribution in [0.15, 0.2) is 6.07 Å².